The first kappa shape index (κ1) is 15.6. The second-order valence-electron chi connectivity index (χ2n) is 5.00. The zero-order valence-electron chi connectivity index (χ0n) is 12.3. The molecule has 0 saturated heterocycles. The summed E-state index contributed by atoms with van der Waals surface area (Å²) in [4.78, 5) is 12.2. The number of amides is 1. The van der Waals surface area contributed by atoms with Crippen LogP contribution < -0.4 is 11.1 Å². The van der Waals surface area contributed by atoms with Crippen LogP contribution in [-0.2, 0) is 6.42 Å². The minimum atomic E-state index is -0.150. The molecule has 0 unspecified atom stereocenters. The topological polar surface area (TPSA) is 80.9 Å². The van der Waals surface area contributed by atoms with Crippen molar-refractivity contribution in [3.05, 3.63) is 39.9 Å². The van der Waals surface area contributed by atoms with E-state index >= 15 is 0 Å². The van der Waals surface area contributed by atoms with Gasteiger partial charge in [0.2, 0.25) is 5.13 Å². The summed E-state index contributed by atoms with van der Waals surface area (Å²) in [5.74, 6) is -0.150. The number of carbonyl (C=O) groups excluding carboxylic acids is 1. The molecule has 0 aliphatic heterocycles. The smallest absolute Gasteiger partial charge is 0.257 e. The van der Waals surface area contributed by atoms with Crippen LogP contribution in [0.5, 0.6) is 0 Å². The molecule has 0 aliphatic carbocycles. The summed E-state index contributed by atoms with van der Waals surface area (Å²) in [7, 11) is 0. The van der Waals surface area contributed by atoms with Crippen LogP contribution in [0.4, 0.5) is 5.13 Å². The van der Waals surface area contributed by atoms with Crippen LogP contribution in [0.25, 0.3) is 0 Å². The van der Waals surface area contributed by atoms with E-state index in [0.717, 1.165) is 29.8 Å². The van der Waals surface area contributed by atoms with Gasteiger partial charge in [-0.05, 0) is 56.5 Å². The number of hydrogen-bond acceptors (Lipinski definition) is 5. The van der Waals surface area contributed by atoms with Crippen molar-refractivity contribution in [1.82, 2.24) is 10.2 Å². The number of aromatic nitrogens is 2. The van der Waals surface area contributed by atoms with Gasteiger partial charge >= 0.3 is 0 Å². The van der Waals surface area contributed by atoms with E-state index in [0.29, 0.717) is 17.2 Å². The summed E-state index contributed by atoms with van der Waals surface area (Å²) in [5.41, 5.74) is 8.37. The highest BCUT2D eigenvalue weighted by Crippen LogP contribution is 2.18. The quantitative estimate of drug-likeness (QED) is 0.804. The van der Waals surface area contributed by atoms with Crippen LogP contribution in [0, 0.1) is 13.8 Å². The lowest BCUT2D eigenvalue weighted by Gasteiger charge is -2.04. The number of unbranched alkanes of at least 4 members (excludes halogenated alkanes) is 1. The Kier molecular flexibility index (Phi) is 5.41. The summed E-state index contributed by atoms with van der Waals surface area (Å²) >= 11 is 1.42. The van der Waals surface area contributed by atoms with Crippen LogP contribution in [0.1, 0.15) is 39.3 Å². The van der Waals surface area contributed by atoms with Crippen LogP contribution >= 0.6 is 11.3 Å². The molecule has 2 aromatic rings. The summed E-state index contributed by atoms with van der Waals surface area (Å²) in [6, 6.07) is 5.65. The van der Waals surface area contributed by atoms with E-state index in [1.807, 2.05) is 32.0 Å². The van der Waals surface area contributed by atoms with Crippen molar-refractivity contribution < 1.29 is 4.79 Å². The Hall–Kier alpha value is -1.79. The summed E-state index contributed by atoms with van der Waals surface area (Å²) in [6.45, 7) is 4.71. The van der Waals surface area contributed by atoms with E-state index in [1.54, 1.807) is 0 Å². The molecule has 21 heavy (non-hydrogen) atoms. The second-order valence-corrected chi connectivity index (χ2v) is 6.06. The van der Waals surface area contributed by atoms with Crippen molar-refractivity contribution in [2.75, 3.05) is 11.9 Å². The molecule has 0 atom stereocenters. The normalized spacial score (nSPS) is 10.6. The third-order valence-corrected chi connectivity index (χ3v) is 4.20. The van der Waals surface area contributed by atoms with E-state index < -0.39 is 0 Å². The number of rotatable bonds is 6. The molecule has 1 aromatic heterocycles. The number of nitrogens with zero attached hydrogens (tertiary/aromatic N) is 2. The van der Waals surface area contributed by atoms with E-state index in [4.69, 9.17) is 5.73 Å². The SMILES string of the molecule is Cc1ccc(C(=O)Nc2nnc(CCCCN)s2)cc1C. The first-order chi connectivity index (χ1) is 10.1. The minimum Gasteiger partial charge on any atom is -0.330 e. The van der Waals surface area contributed by atoms with Crippen molar-refractivity contribution >= 4 is 22.4 Å². The van der Waals surface area contributed by atoms with Gasteiger partial charge in [-0.15, -0.1) is 10.2 Å². The predicted octanol–water partition coefficient (Wildman–Crippen LogP) is 2.69. The Balaban J connectivity index is 1.97. The molecule has 0 fully saturated rings. The maximum absolute atomic E-state index is 12.2. The molecule has 6 heteroatoms. The number of aryl methyl sites for hydroxylation is 3. The van der Waals surface area contributed by atoms with Crippen molar-refractivity contribution in [3.8, 4) is 0 Å². The van der Waals surface area contributed by atoms with Gasteiger partial charge in [0.05, 0.1) is 0 Å². The first-order valence-corrected chi connectivity index (χ1v) is 7.83. The summed E-state index contributed by atoms with van der Waals surface area (Å²) in [6.07, 6.45) is 2.83. The van der Waals surface area contributed by atoms with Gasteiger partial charge in [0.15, 0.2) is 0 Å². The molecule has 0 aliphatic rings. The fraction of sp³-hybridized carbons (Fsp3) is 0.400. The largest absolute Gasteiger partial charge is 0.330 e. The van der Waals surface area contributed by atoms with Gasteiger partial charge in [-0.3, -0.25) is 10.1 Å². The second kappa shape index (κ2) is 7.28. The lowest BCUT2D eigenvalue weighted by molar-refractivity contribution is 0.102. The molecule has 1 aromatic carbocycles. The average molecular weight is 304 g/mol. The molecular weight excluding hydrogens is 284 g/mol. The maximum atomic E-state index is 12.2. The highest BCUT2D eigenvalue weighted by Gasteiger charge is 2.10. The fourth-order valence-corrected chi connectivity index (χ4v) is 2.65. The number of hydrogen-bond donors (Lipinski definition) is 2. The molecule has 0 bridgehead atoms. The lowest BCUT2D eigenvalue weighted by atomic mass is 10.1. The number of benzene rings is 1. The molecule has 2 rings (SSSR count). The highest BCUT2D eigenvalue weighted by atomic mass is 32.1. The number of nitrogens with two attached hydrogens (primary N) is 1. The molecule has 112 valence electrons. The van der Waals surface area contributed by atoms with Crippen LogP contribution in [0.3, 0.4) is 0 Å². The molecule has 0 radical (unpaired) electrons. The Morgan fingerprint density at radius 2 is 2.05 bits per heavy atom. The van der Waals surface area contributed by atoms with E-state index in [2.05, 4.69) is 15.5 Å². The Morgan fingerprint density at radius 3 is 2.76 bits per heavy atom. The molecule has 3 N–H and O–H groups in total. The van der Waals surface area contributed by atoms with Crippen LogP contribution in [0.2, 0.25) is 0 Å². The van der Waals surface area contributed by atoms with Gasteiger partial charge in [0.1, 0.15) is 5.01 Å². The summed E-state index contributed by atoms with van der Waals surface area (Å²) < 4.78 is 0. The molecule has 0 spiro atoms. The molecular formula is C15H20N4OS. The molecule has 5 nitrogen and oxygen atoms in total. The predicted molar refractivity (Wildman–Crippen MR) is 85.8 cm³/mol. The lowest BCUT2D eigenvalue weighted by Crippen LogP contribution is -2.12. The molecule has 0 saturated carbocycles. The number of nitrogens with one attached hydrogen (secondary N) is 1. The number of carbonyl (C=O) groups is 1. The number of anilines is 1. The van der Waals surface area contributed by atoms with E-state index in [1.165, 1.54) is 16.9 Å². The highest BCUT2D eigenvalue weighted by molar-refractivity contribution is 7.15. The Morgan fingerprint density at radius 1 is 1.24 bits per heavy atom. The van der Waals surface area contributed by atoms with Crippen LogP contribution in [0.15, 0.2) is 18.2 Å². The van der Waals surface area contributed by atoms with Crippen molar-refractivity contribution in [1.29, 1.82) is 0 Å². The monoisotopic (exact) mass is 304 g/mol. The summed E-state index contributed by atoms with van der Waals surface area (Å²) in [5, 5.41) is 12.4. The van der Waals surface area contributed by atoms with Crippen molar-refractivity contribution in [2.24, 2.45) is 5.73 Å². The van der Waals surface area contributed by atoms with Gasteiger partial charge in [-0.2, -0.15) is 0 Å². The fourth-order valence-electron chi connectivity index (χ4n) is 1.88. The third-order valence-electron chi connectivity index (χ3n) is 3.30. The van der Waals surface area contributed by atoms with Gasteiger partial charge in [-0.1, -0.05) is 17.4 Å². The van der Waals surface area contributed by atoms with Gasteiger partial charge in [-0.25, -0.2) is 0 Å². The van der Waals surface area contributed by atoms with Crippen molar-refractivity contribution in [2.45, 2.75) is 33.1 Å². The molecule has 1 heterocycles. The van der Waals surface area contributed by atoms with E-state index in [-0.39, 0.29) is 5.91 Å². The first-order valence-electron chi connectivity index (χ1n) is 7.01. The average Bonchev–Trinajstić information content (AvgIpc) is 2.89. The van der Waals surface area contributed by atoms with Crippen LogP contribution in [-0.4, -0.2) is 22.6 Å². The van der Waals surface area contributed by atoms with Gasteiger partial charge in [0.25, 0.3) is 5.91 Å². The Bertz CT molecular complexity index is 624. The van der Waals surface area contributed by atoms with Gasteiger partial charge < -0.3 is 5.73 Å². The minimum absolute atomic E-state index is 0.150. The third kappa shape index (κ3) is 4.34. The zero-order chi connectivity index (χ0) is 15.2. The van der Waals surface area contributed by atoms with E-state index in [9.17, 15) is 4.79 Å². The van der Waals surface area contributed by atoms with Gasteiger partial charge in [0, 0.05) is 12.0 Å². The Labute approximate surface area is 128 Å². The maximum Gasteiger partial charge on any atom is 0.257 e. The zero-order valence-corrected chi connectivity index (χ0v) is 13.2. The molecule has 1 amide bonds. The van der Waals surface area contributed by atoms with Crippen molar-refractivity contribution in [3.63, 3.8) is 0 Å². The standard InChI is InChI=1S/C15H20N4OS/c1-10-6-7-12(9-11(10)2)14(20)17-15-19-18-13(21-15)5-3-4-8-16/h6-7,9H,3-5,8,16H2,1-2H3,(H,17,19,20).